The molecule has 2 N–H and O–H groups in total. The predicted molar refractivity (Wildman–Crippen MR) is 101 cm³/mol. The summed E-state index contributed by atoms with van der Waals surface area (Å²) >= 11 is 0. The number of esters is 1. The van der Waals surface area contributed by atoms with E-state index in [1.54, 1.807) is 20.1 Å². The van der Waals surface area contributed by atoms with Gasteiger partial charge in [0.15, 0.2) is 0 Å². The van der Waals surface area contributed by atoms with Crippen LogP contribution in [0.5, 0.6) is 5.75 Å². The first-order chi connectivity index (χ1) is 13.0. The maximum absolute atomic E-state index is 12.8. The van der Waals surface area contributed by atoms with Crippen LogP contribution >= 0.6 is 0 Å². The van der Waals surface area contributed by atoms with Crippen molar-refractivity contribution in [2.45, 2.75) is 26.5 Å². The Labute approximate surface area is 158 Å². The van der Waals surface area contributed by atoms with Gasteiger partial charge in [0.1, 0.15) is 12.4 Å². The molecule has 0 saturated heterocycles. The van der Waals surface area contributed by atoms with E-state index < -0.39 is 12.0 Å². The van der Waals surface area contributed by atoms with E-state index in [9.17, 15) is 9.59 Å². The predicted octanol–water partition coefficient (Wildman–Crippen LogP) is 3.37. The number of para-hydroxylation sites is 1. The Bertz CT molecular complexity index is 887. The minimum Gasteiger partial charge on any atom is -0.496 e. The number of ether oxygens (including phenoxy) is 2. The van der Waals surface area contributed by atoms with Crippen LogP contribution in [0.1, 0.15) is 29.7 Å². The molecule has 2 amide bonds. The lowest BCUT2D eigenvalue weighted by molar-refractivity contribution is -0.140. The molecular weight excluding hydrogens is 344 g/mol. The standard InChI is InChI=1S/C21H22N2O4/c1-13-8-10-15(11-9-13)12-27-20(24)18-14(2)22-21(25)23-19(18)16-6-4-5-7-17(16)26-3/h4-11,19H,12H2,1-3H3,(H2,22,23,25)/t19-/m1/s1. The lowest BCUT2D eigenvalue weighted by Gasteiger charge is -2.29. The molecule has 0 fully saturated rings. The molecule has 2 aromatic carbocycles. The third-order valence-electron chi connectivity index (χ3n) is 4.43. The average Bonchev–Trinajstić information content (AvgIpc) is 2.66. The molecule has 0 spiro atoms. The zero-order chi connectivity index (χ0) is 19.4. The van der Waals surface area contributed by atoms with Gasteiger partial charge in [-0.15, -0.1) is 0 Å². The number of urea groups is 1. The second-order valence-corrected chi connectivity index (χ2v) is 6.37. The SMILES string of the molecule is COc1ccccc1[C@H]1NC(=O)NC(C)=C1C(=O)OCc1ccc(C)cc1. The normalized spacial score (nSPS) is 16.4. The van der Waals surface area contributed by atoms with Crippen LogP contribution in [0.4, 0.5) is 4.79 Å². The number of methoxy groups -OCH3 is 1. The molecule has 0 aromatic heterocycles. The van der Waals surface area contributed by atoms with Crippen LogP contribution in [0.3, 0.4) is 0 Å². The molecule has 1 aliphatic heterocycles. The first-order valence-electron chi connectivity index (χ1n) is 8.63. The molecule has 0 bridgehead atoms. The number of hydrogen-bond acceptors (Lipinski definition) is 4. The fraction of sp³-hybridized carbons (Fsp3) is 0.238. The van der Waals surface area contributed by atoms with Gasteiger partial charge in [-0.05, 0) is 25.5 Å². The van der Waals surface area contributed by atoms with E-state index in [1.165, 1.54) is 0 Å². The van der Waals surface area contributed by atoms with Crippen LogP contribution in [0, 0.1) is 6.92 Å². The molecule has 1 heterocycles. The maximum atomic E-state index is 12.8. The Morgan fingerprint density at radius 2 is 1.78 bits per heavy atom. The highest BCUT2D eigenvalue weighted by molar-refractivity contribution is 5.95. The molecule has 27 heavy (non-hydrogen) atoms. The third kappa shape index (κ3) is 4.11. The quantitative estimate of drug-likeness (QED) is 0.796. The molecule has 0 unspecified atom stereocenters. The van der Waals surface area contributed by atoms with E-state index in [0.29, 0.717) is 22.6 Å². The minimum absolute atomic E-state index is 0.155. The molecule has 3 rings (SSSR count). The summed E-state index contributed by atoms with van der Waals surface area (Å²) in [6, 6.07) is 14.0. The van der Waals surface area contributed by atoms with Crippen LogP contribution < -0.4 is 15.4 Å². The van der Waals surface area contributed by atoms with E-state index in [0.717, 1.165) is 11.1 Å². The highest BCUT2D eigenvalue weighted by Crippen LogP contribution is 2.33. The van der Waals surface area contributed by atoms with Crippen molar-refractivity contribution in [2.24, 2.45) is 0 Å². The van der Waals surface area contributed by atoms with Crippen molar-refractivity contribution in [1.29, 1.82) is 0 Å². The number of amides is 2. The number of benzene rings is 2. The summed E-state index contributed by atoms with van der Waals surface area (Å²) in [6.07, 6.45) is 0. The number of nitrogens with one attached hydrogen (secondary N) is 2. The van der Waals surface area contributed by atoms with Crippen molar-refractivity contribution < 1.29 is 19.1 Å². The van der Waals surface area contributed by atoms with Crippen molar-refractivity contribution in [3.05, 3.63) is 76.5 Å². The fourth-order valence-corrected chi connectivity index (χ4v) is 3.01. The molecule has 140 valence electrons. The largest absolute Gasteiger partial charge is 0.496 e. The van der Waals surface area contributed by atoms with Crippen molar-refractivity contribution in [3.8, 4) is 5.75 Å². The molecule has 1 atom stereocenters. The van der Waals surface area contributed by atoms with Crippen LogP contribution in [0.15, 0.2) is 59.8 Å². The number of hydrogen-bond donors (Lipinski definition) is 2. The zero-order valence-electron chi connectivity index (χ0n) is 15.5. The molecule has 0 saturated carbocycles. The van der Waals surface area contributed by atoms with Crippen LogP contribution in [-0.2, 0) is 16.1 Å². The summed E-state index contributed by atoms with van der Waals surface area (Å²) in [5.74, 6) is 0.0952. The molecule has 2 aromatic rings. The molecule has 0 aliphatic carbocycles. The van der Waals surface area contributed by atoms with Crippen LogP contribution in [0.2, 0.25) is 0 Å². The maximum Gasteiger partial charge on any atom is 0.338 e. The van der Waals surface area contributed by atoms with E-state index in [4.69, 9.17) is 9.47 Å². The second kappa shape index (κ2) is 7.95. The number of carbonyl (C=O) groups excluding carboxylic acids is 2. The molecule has 6 nitrogen and oxygen atoms in total. The molecule has 0 radical (unpaired) electrons. The van der Waals surface area contributed by atoms with Crippen LogP contribution in [0.25, 0.3) is 0 Å². The summed E-state index contributed by atoms with van der Waals surface area (Å²) in [7, 11) is 1.55. The number of carbonyl (C=O) groups is 2. The molecule has 6 heteroatoms. The van der Waals surface area contributed by atoms with Gasteiger partial charge in [-0.3, -0.25) is 0 Å². The van der Waals surface area contributed by atoms with E-state index in [2.05, 4.69) is 10.6 Å². The zero-order valence-corrected chi connectivity index (χ0v) is 15.5. The first-order valence-corrected chi connectivity index (χ1v) is 8.63. The Balaban J connectivity index is 1.87. The Kier molecular flexibility index (Phi) is 5.45. The number of aryl methyl sites for hydroxylation is 1. The minimum atomic E-state index is -0.652. The summed E-state index contributed by atoms with van der Waals surface area (Å²) in [4.78, 5) is 24.8. The van der Waals surface area contributed by atoms with Gasteiger partial charge in [-0.1, -0.05) is 48.0 Å². The van der Waals surface area contributed by atoms with Gasteiger partial charge in [0.25, 0.3) is 0 Å². The highest BCUT2D eigenvalue weighted by atomic mass is 16.5. The van der Waals surface area contributed by atoms with Gasteiger partial charge in [-0.25, -0.2) is 9.59 Å². The highest BCUT2D eigenvalue weighted by Gasteiger charge is 2.33. The van der Waals surface area contributed by atoms with E-state index in [-0.39, 0.29) is 12.6 Å². The summed E-state index contributed by atoms with van der Waals surface area (Å²) in [6.45, 7) is 3.84. The third-order valence-corrected chi connectivity index (χ3v) is 4.43. The summed E-state index contributed by atoms with van der Waals surface area (Å²) in [5.41, 5.74) is 3.54. The lowest BCUT2D eigenvalue weighted by atomic mass is 9.95. The van der Waals surface area contributed by atoms with Crippen molar-refractivity contribution in [3.63, 3.8) is 0 Å². The van der Waals surface area contributed by atoms with Crippen molar-refractivity contribution >= 4 is 12.0 Å². The van der Waals surface area contributed by atoms with E-state index in [1.807, 2.05) is 49.4 Å². The Morgan fingerprint density at radius 1 is 1.07 bits per heavy atom. The topological polar surface area (TPSA) is 76.7 Å². The second-order valence-electron chi connectivity index (χ2n) is 6.37. The van der Waals surface area contributed by atoms with Crippen LogP contribution in [-0.4, -0.2) is 19.1 Å². The smallest absolute Gasteiger partial charge is 0.338 e. The van der Waals surface area contributed by atoms with Gasteiger partial charge in [0.05, 0.1) is 18.7 Å². The van der Waals surface area contributed by atoms with Crippen molar-refractivity contribution in [2.75, 3.05) is 7.11 Å². The lowest BCUT2D eigenvalue weighted by Crippen LogP contribution is -2.45. The van der Waals surface area contributed by atoms with Gasteiger partial charge in [0, 0.05) is 11.3 Å². The molecule has 1 aliphatic rings. The Morgan fingerprint density at radius 3 is 2.48 bits per heavy atom. The van der Waals surface area contributed by atoms with Gasteiger partial charge < -0.3 is 20.1 Å². The summed E-state index contributed by atoms with van der Waals surface area (Å²) < 4.78 is 10.9. The number of rotatable bonds is 5. The average molecular weight is 366 g/mol. The molecular formula is C21H22N2O4. The number of allylic oxidation sites excluding steroid dienone is 1. The fourth-order valence-electron chi connectivity index (χ4n) is 3.01. The first kappa shape index (κ1) is 18.5. The summed E-state index contributed by atoms with van der Waals surface area (Å²) in [5, 5.41) is 5.43. The van der Waals surface area contributed by atoms with Crippen molar-refractivity contribution in [1.82, 2.24) is 10.6 Å². The van der Waals surface area contributed by atoms with Gasteiger partial charge in [-0.2, -0.15) is 0 Å². The Hall–Kier alpha value is -3.28. The monoisotopic (exact) mass is 366 g/mol. The van der Waals surface area contributed by atoms with E-state index >= 15 is 0 Å². The van der Waals surface area contributed by atoms with Gasteiger partial charge >= 0.3 is 12.0 Å². The van der Waals surface area contributed by atoms with Gasteiger partial charge in [0.2, 0.25) is 0 Å².